The average molecular weight is 443 g/mol. The largest absolute Gasteiger partial charge is 0.256 e. The predicted molar refractivity (Wildman–Crippen MR) is 144 cm³/mol. The Balaban J connectivity index is 1.64. The fraction of sp³-hybridized carbons (Fsp3) is 0.188. The molecule has 0 radical (unpaired) electrons. The summed E-state index contributed by atoms with van der Waals surface area (Å²) in [6, 6.07) is 28.3. The molecule has 0 N–H and O–H groups in total. The SMILES string of the molecule is Cc1ccc(-c2ccc(-c3cccc(-c4cc(C(C)(C)C)ccn4)c3)c3ncccc23)c(C)c1. The van der Waals surface area contributed by atoms with E-state index in [0.717, 1.165) is 27.9 Å². The molecular formula is C32H30N2. The Bertz CT molecular complexity index is 1510. The Morgan fingerprint density at radius 2 is 1.38 bits per heavy atom. The average Bonchev–Trinajstić information content (AvgIpc) is 2.83. The van der Waals surface area contributed by atoms with Crippen molar-refractivity contribution in [3.8, 4) is 33.5 Å². The van der Waals surface area contributed by atoms with Gasteiger partial charge in [-0.2, -0.15) is 0 Å². The first-order valence-electron chi connectivity index (χ1n) is 11.8. The minimum absolute atomic E-state index is 0.0827. The molecule has 0 unspecified atom stereocenters. The third-order valence-corrected chi connectivity index (χ3v) is 6.54. The van der Waals surface area contributed by atoms with E-state index in [1.165, 1.54) is 33.2 Å². The van der Waals surface area contributed by atoms with Crippen LogP contribution in [-0.4, -0.2) is 9.97 Å². The summed E-state index contributed by atoms with van der Waals surface area (Å²) in [7, 11) is 0. The second-order valence-electron chi connectivity index (χ2n) is 10.1. The van der Waals surface area contributed by atoms with E-state index >= 15 is 0 Å². The van der Waals surface area contributed by atoms with Crippen molar-refractivity contribution < 1.29 is 0 Å². The van der Waals surface area contributed by atoms with E-state index in [-0.39, 0.29) is 5.41 Å². The molecule has 0 atom stereocenters. The molecule has 0 fully saturated rings. The number of benzene rings is 3. The van der Waals surface area contributed by atoms with E-state index in [1.807, 2.05) is 18.5 Å². The van der Waals surface area contributed by atoms with E-state index in [0.29, 0.717) is 0 Å². The monoisotopic (exact) mass is 442 g/mol. The van der Waals surface area contributed by atoms with Gasteiger partial charge in [-0.15, -0.1) is 0 Å². The number of aryl methyl sites for hydroxylation is 2. The van der Waals surface area contributed by atoms with Gasteiger partial charge in [-0.05, 0) is 71.3 Å². The lowest BCUT2D eigenvalue weighted by atomic mass is 9.86. The molecule has 0 aliphatic rings. The van der Waals surface area contributed by atoms with Crippen LogP contribution < -0.4 is 0 Å². The van der Waals surface area contributed by atoms with Gasteiger partial charge in [-0.3, -0.25) is 9.97 Å². The third kappa shape index (κ3) is 4.12. The fourth-order valence-corrected chi connectivity index (χ4v) is 4.66. The number of hydrogen-bond acceptors (Lipinski definition) is 2. The molecule has 5 rings (SSSR count). The Morgan fingerprint density at radius 3 is 2.18 bits per heavy atom. The van der Waals surface area contributed by atoms with E-state index in [1.54, 1.807) is 0 Å². The number of nitrogens with zero attached hydrogens (tertiary/aromatic N) is 2. The van der Waals surface area contributed by atoms with E-state index < -0.39 is 0 Å². The Hall–Kier alpha value is -3.78. The molecule has 3 aromatic carbocycles. The lowest BCUT2D eigenvalue weighted by Crippen LogP contribution is -2.11. The summed E-state index contributed by atoms with van der Waals surface area (Å²) >= 11 is 0. The molecule has 2 nitrogen and oxygen atoms in total. The smallest absolute Gasteiger partial charge is 0.0786 e. The van der Waals surface area contributed by atoms with Crippen LogP contribution >= 0.6 is 0 Å². The Morgan fingerprint density at radius 1 is 0.618 bits per heavy atom. The van der Waals surface area contributed by atoms with Crippen molar-refractivity contribution in [3.05, 3.63) is 108 Å². The van der Waals surface area contributed by atoms with Gasteiger partial charge in [0.15, 0.2) is 0 Å². The summed E-state index contributed by atoms with van der Waals surface area (Å²) in [5.41, 5.74) is 11.8. The molecule has 0 aliphatic carbocycles. The first-order chi connectivity index (χ1) is 16.3. The molecule has 2 heterocycles. The first-order valence-corrected chi connectivity index (χ1v) is 11.8. The molecule has 168 valence electrons. The molecular weight excluding hydrogens is 412 g/mol. The third-order valence-electron chi connectivity index (χ3n) is 6.54. The van der Waals surface area contributed by atoms with Crippen LogP contribution in [0.15, 0.2) is 91.3 Å². The summed E-state index contributed by atoms with van der Waals surface area (Å²) in [5, 5.41) is 1.17. The lowest BCUT2D eigenvalue weighted by Gasteiger charge is -2.19. The van der Waals surface area contributed by atoms with Gasteiger partial charge in [0.05, 0.1) is 11.2 Å². The Labute approximate surface area is 202 Å². The van der Waals surface area contributed by atoms with Crippen molar-refractivity contribution in [1.29, 1.82) is 0 Å². The molecule has 0 aliphatic heterocycles. The van der Waals surface area contributed by atoms with Crippen molar-refractivity contribution in [2.75, 3.05) is 0 Å². The molecule has 5 aromatic rings. The van der Waals surface area contributed by atoms with Gasteiger partial charge in [-0.25, -0.2) is 0 Å². The van der Waals surface area contributed by atoms with Crippen LogP contribution in [0.25, 0.3) is 44.4 Å². The van der Waals surface area contributed by atoms with Crippen LogP contribution in [0.5, 0.6) is 0 Å². The predicted octanol–water partition coefficient (Wildman–Crippen LogP) is 8.55. The van der Waals surface area contributed by atoms with Crippen LogP contribution in [0, 0.1) is 13.8 Å². The highest BCUT2D eigenvalue weighted by Gasteiger charge is 2.16. The van der Waals surface area contributed by atoms with Crippen molar-refractivity contribution in [1.82, 2.24) is 9.97 Å². The number of fused-ring (bicyclic) bond motifs is 1. The summed E-state index contributed by atoms with van der Waals surface area (Å²) in [5.74, 6) is 0. The summed E-state index contributed by atoms with van der Waals surface area (Å²) < 4.78 is 0. The second-order valence-corrected chi connectivity index (χ2v) is 10.1. The fourth-order valence-electron chi connectivity index (χ4n) is 4.66. The van der Waals surface area contributed by atoms with Gasteiger partial charge < -0.3 is 0 Å². The quantitative estimate of drug-likeness (QED) is 0.280. The van der Waals surface area contributed by atoms with Crippen molar-refractivity contribution in [3.63, 3.8) is 0 Å². The molecule has 34 heavy (non-hydrogen) atoms. The normalized spacial score (nSPS) is 11.7. The maximum Gasteiger partial charge on any atom is 0.0786 e. The summed E-state index contributed by atoms with van der Waals surface area (Å²) in [6.45, 7) is 11.0. The van der Waals surface area contributed by atoms with Gasteiger partial charge in [0.2, 0.25) is 0 Å². The maximum absolute atomic E-state index is 4.82. The lowest BCUT2D eigenvalue weighted by molar-refractivity contribution is 0.589. The Kier molecular flexibility index (Phi) is 5.53. The number of rotatable bonds is 3. The molecule has 0 spiro atoms. The zero-order chi connectivity index (χ0) is 23.9. The van der Waals surface area contributed by atoms with Gasteiger partial charge >= 0.3 is 0 Å². The van der Waals surface area contributed by atoms with Gasteiger partial charge in [0.25, 0.3) is 0 Å². The standard InChI is InChI=1S/C32H30N2/c1-21-11-12-26(22(2)18-21)28-14-13-27(31-29(28)10-7-16-34-31)23-8-6-9-24(19-23)30-20-25(15-17-33-30)32(3,4)5/h6-20H,1-5H3. The van der Waals surface area contributed by atoms with Crippen LogP contribution in [-0.2, 0) is 5.41 Å². The minimum Gasteiger partial charge on any atom is -0.256 e. The topological polar surface area (TPSA) is 25.8 Å². The van der Waals surface area contributed by atoms with Crippen LogP contribution in [0.2, 0.25) is 0 Å². The maximum atomic E-state index is 4.82. The summed E-state index contributed by atoms with van der Waals surface area (Å²) in [4.78, 5) is 9.50. The van der Waals surface area contributed by atoms with Crippen LogP contribution in [0.4, 0.5) is 0 Å². The summed E-state index contributed by atoms with van der Waals surface area (Å²) in [6.07, 6.45) is 3.80. The van der Waals surface area contributed by atoms with Gasteiger partial charge in [-0.1, -0.05) is 80.9 Å². The molecule has 0 saturated heterocycles. The zero-order valence-electron chi connectivity index (χ0n) is 20.6. The van der Waals surface area contributed by atoms with E-state index in [9.17, 15) is 0 Å². The van der Waals surface area contributed by atoms with Crippen LogP contribution in [0.1, 0.15) is 37.5 Å². The number of aromatic nitrogens is 2. The highest BCUT2D eigenvalue weighted by Crippen LogP contribution is 2.37. The first kappa shape index (κ1) is 22.0. The molecule has 0 bridgehead atoms. The van der Waals surface area contributed by atoms with Crippen molar-refractivity contribution >= 4 is 10.9 Å². The van der Waals surface area contributed by atoms with Crippen LogP contribution in [0.3, 0.4) is 0 Å². The molecule has 2 aromatic heterocycles. The number of hydrogen-bond donors (Lipinski definition) is 0. The number of pyridine rings is 2. The second kappa shape index (κ2) is 8.53. The highest BCUT2D eigenvalue weighted by atomic mass is 14.7. The molecule has 2 heteroatoms. The molecule has 0 amide bonds. The van der Waals surface area contributed by atoms with E-state index in [4.69, 9.17) is 4.98 Å². The minimum atomic E-state index is 0.0827. The zero-order valence-corrected chi connectivity index (χ0v) is 20.6. The van der Waals surface area contributed by atoms with E-state index in [2.05, 4.69) is 112 Å². The highest BCUT2D eigenvalue weighted by molar-refractivity contribution is 6.03. The van der Waals surface area contributed by atoms with Crippen molar-refractivity contribution in [2.24, 2.45) is 0 Å². The van der Waals surface area contributed by atoms with Gasteiger partial charge in [0.1, 0.15) is 0 Å². The van der Waals surface area contributed by atoms with Crippen molar-refractivity contribution in [2.45, 2.75) is 40.0 Å². The van der Waals surface area contributed by atoms with Gasteiger partial charge in [0, 0.05) is 28.9 Å². The molecule has 0 saturated carbocycles.